The summed E-state index contributed by atoms with van der Waals surface area (Å²) < 4.78 is 0. The lowest BCUT2D eigenvalue weighted by atomic mass is 9.89. The van der Waals surface area contributed by atoms with E-state index >= 15 is 0 Å². The largest absolute Gasteiger partial charge is 0.481 e. The van der Waals surface area contributed by atoms with Crippen LogP contribution in [0.15, 0.2) is 0 Å². The first-order valence-electron chi connectivity index (χ1n) is 6.46. The van der Waals surface area contributed by atoms with Gasteiger partial charge < -0.3 is 10.0 Å². The molecule has 1 rings (SSSR count). The van der Waals surface area contributed by atoms with E-state index in [1.54, 1.807) is 6.92 Å². The maximum atomic E-state index is 10.8. The van der Waals surface area contributed by atoms with E-state index in [1.165, 1.54) is 19.3 Å². The molecule has 2 atom stereocenters. The lowest BCUT2D eigenvalue weighted by Gasteiger charge is -2.22. The number of likely N-dealkylation sites (tertiary alicyclic amines) is 1. The molecule has 3 nitrogen and oxygen atoms in total. The lowest BCUT2D eigenvalue weighted by Crippen LogP contribution is -2.32. The molecule has 1 heterocycles. The number of carboxylic acids is 1. The minimum atomic E-state index is -0.676. The van der Waals surface area contributed by atoms with Crippen molar-refractivity contribution in [1.82, 2.24) is 4.90 Å². The van der Waals surface area contributed by atoms with Crippen molar-refractivity contribution in [3.05, 3.63) is 0 Å². The normalized spacial score (nSPS) is 25.4. The van der Waals surface area contributed by atoms with Crippen LogP contribution >= 0.6 is 0 Å². The van der Waals surface area contributed by atoms with Crippen LogP contribution in [0.1, 0.15) is 40.0 Å². The summed E-state index contributed by atoms with van der Waals surface area (Å²) in [7, 11) is 0. The fourth-order valence-corrected chi connectivity index (χ4v) is 2.50. The minimum Gasteiger partial charge on any atom is -0.481 e. The van der Waals surface area contributed by atoms with Crippen molar-refractivity contribution < 1.29 is 9.90 Å². The van der Waals surface area contributed by atoms with Crippen molar-refractivity contribution in [1.29, 1.82) is 0 Å². The zero-order valence-corrected chi connectivity index (χ0v) is 10.8. The summed E-state index contributed by atoms with van der Waals surface area (Å²) in [6.07, 6.45) is 3.74. The molecule has 3 heteroatoms. The van der Waals surface area contributed by atoms with Crippen LogP contribution in [0, 0.1) is 17.8 Å². The van der Waals surface area contributed by atoms with E-state index in [-0.39, 0.29) is 5.92 Å². The summed E-state index contributed by atoms with van der Waals surface area (Å²) in [6.45, 7) is 9.23. The standard InChI is InChI=1S/C13H25NO2/c1-10(2)12-5-4-7-14(8-6-12)9-11(3)13(15)16/h10-12H,4-9H2,1-3H3,(H,15,16). The molecule has 0 aromatic rings. The van der Waals surface area contributed by atoms with Gasteiger partial charge >= 0.3 is 5.97 Å². The van der Waals surface area contributed by atoms with Gasteiger partial charge in [0.1, 0.15) is 0 Å². The Morgan fingerprint density at radius 2 is 2.00 bits per heavy atom. The second kappa shape index (κ2) is 6.24. The van der Waals surface area contributed by atoms with E-state index in [9.17, 15) is 4.79 Å². The highest BCUT2D eigenvalue weighted by Gasteiger charge is 2.22. The average molecular weight is 227 g/mol. The number of hydrogen-bond donors (Lipinski definition) is 1. The summed E-state index contributed by atoms with van der Waals surface area (Å²) in [6, 6.07) is 0. The molecule has 0 radical (unpaired) electrons. The third-order valence-electron chi connectivity index (χ3n) is 3.76. The Morgan fingerprint density at radius 3 is 2.56 bits per heavy atom. The summed E-state index contributed by atoms with van der Waals surface area (Å²) in [5.74, 6) is 0.669. The predicted octanol–water partition coefficient (Wildman–Crippen LogP) is 2.47. The Balaban J connectivity index is 2.38. The Labute approximate surface area is 98.8 Å². The first kappa shape index (κ1) is 13.5. The van der Waals surface area contributed by atoms with Gasteiger partial charge in [-0.1, -0.05) is 20.8 Å². The number of rotatable bonds is 4. The van der Waals surface area contributed by atoms with Gasteiger partial charge in [-0.3, -0.25) is 4.79 Å². The van der Waals surface area contributed by atoms with Crippen LogP contribution in [-0.4, -0.2) is 35.6 Å². The number of carboxylic acid groups (broad SMARTS) is 1. The van der Waals surface area contributed by atoms with Crippen molar-refractivity contribution in [2.24, 2.45) is 17.8 Å². The molecule has 0 spiro atoms. The van der Waals surface area contributed by atoms with E-state index < -0.39 is 5.97 Å². The average Bonchev–Trinajstić information content (AvgIpc) is 2.43. The first-order valence-corrected chi connectivity index (χ1v) is 6.46. The first-order chi connectivity index (χ1) is 7.50. The van der Waals surface area contributed by atoms with Crippen LogP contribution in [0.4, 0.5) is 0 Å². The summed E-state index contributed by atoms with van der Waals surface area (Å²) in [4.78, 5) is 13.1. The van der Waals surface area contributed by atoms with Gasteiger partial charge in [0.2, 0.25) is 0 Å². The minimum absolute atomic E-state index is 0.240. The molecule has 0 aromatic carbocycles. The van der Waals surface area contributed by atoms with Gasteiger partial charge in [0.15, 0.2) is 0 Å². The quantitative estimate of drug-likeness (QED) is 0.802. The van der Waals surface area contributed by atoms with Gasteiger partial charge in [-0.15, -0.1) is 0 Å². The molecule has 1 aliphatic rings. The van der Waals surface area contributed by atoms with Crippen molar-refractivity contribution in [3.8, 4) is 0 Å². The summed E-state index contributed by atoms with van der Waals surface area (Å²) in [5.41, 5.74) is 0. The molecule has 2 unspecified atom stereocenters. The third-order valence-corrected chi connectivity index (χ3v) is 3.76. The second-order valence-electron chi connectivity index (χ2n) is 5.47. The molecule has 1 fully saturated rings. The van der Waals surface area contributed by atoms with Crippen LogP contribution in [0.5, 0.6) is 0 Å². The highest BCUT2D eigenvalue weighted by molar-refractivity contribution is 5.69. The second-order valence-corrected chi connectivity index (χ2v) is 5.47. The van der Waals surface area contributed by atoms with Crippen LogP contribution < -0.4 is 0 Å². The highest BCUT2D eigenvalue weighted by atomic mass is 16.4. The van der Waals surface area contributed by atoms with Gasteiger partial charge in [-0.05, 0) is 44.2 Å². The van der Waals surface area contributed by atoms with Crippen molar-refractivity contribution in [2.45, 2.75) is 40.0 Å². The molecule has 1 saturated heterocycles. The van der Waals surface area contributed by atoms with E-state index in [1.807, 2.05) is 0 Å². The zero-order valence-electron chi connectivity index (χ0n) is 10.8. The molecule has 16 heavy (non-hydrogen) atoms. The van der Waals surface area contributed by atoms with Crippen molar-refractivity contribution in [2.75, 3.05) is 19.6 Å². The number of nitrogens with zero attached hydrogens (tertiary/aromatic N) is 1. The van der Waals surface area contributed by atoms with E-state index in [4.69, 9.17) is 5.11 Å². The maximum Gasteiger partial charge on any atom is 0.307 e. The van der Waals surface area contributed by atoms with Crippen LogP contribution in [-0.2, 0) is 4.79 Å². The summed E-state index contributed by atoms with van der Waals surface area (Å²) in [5, 5.41) is 8.90. The number of hydrogen-bond acceptors (Lipinski definition) is 2. The molecular weight excluding hydrogens is 202 g/mol. The summed E-state index contributed by atoms with van der Waals surface area (Å²) >= 11 is 0. The Kier molecular flexibility index (Phi) is 5.26. The van der Waals surface area contributed by atoms with E-state index in [0.717, 1.165) is 24.9 Å². The Bertz CT molecular complexity index is 228. The predicted molar refractivity (Wildman–Crippen MR) is 65.4 cm³/mol. The topological polar surface area (TPSA) is 40.5 Å². The third kappa shape index (κ3) is 4.12. The maximum absolute atomic E-state index is 10.8. The Hall–Kier alpha value is -0.570. The van der Waals surface area contributed by atoms with Gasteiger partial charge in [-0.2, -0.15) is 0 Å². The number of aliphatic carboxylic acids is 1. The molecule has 0 amide bonds. The molecule has 0 aliphatic carbocycles. The van der Waals surface area contributed by atoms with Crippen LogP contribution in [0.2, 0.25) is 0 Å². The Morgan fingerprint density at radius 1 is 1.31 bits per heavy atom. The fourth-order valence-electron chi connectivity index (χ4n) is 2.50. The molecule has 94 valence electrons. The molecular formula is C13H25NO2. The van der Waals surface area contributed by atoms with Gasteiger partial charge in [0, 0.05) is 6.54 Å². The zero-order chi connectivity index (χ0) is 12.1. The SMILES string of the molecule is CC(CN1CCCC(C(C)C)CC1)C(=O)O. The monoisotopic (exact) mass is 227 g/mol. The van der Waals surface area contributed by atoms with E-state index in [2.05, 4.69) is 18.7 Å². The number of carbonyl (C=O) groups is 1. The van der Waals surface area contributed by atoms with Gasteiger partial charge in [0.25, 0.3) is 0 Å². The van der Waals surface area contributed by atoms with Crippen LogP contribution in [0.25, 0.3) is 0 Å². The highest BCUT2D eigenvalue weighted by Crippen LogP contribution is 2.24. The molecule has 0 aromatic heterocycles. The van der Waals surface area contributed by atoms with E-state index in [0.29, 0.717) is 6.54 Å². The van der Waals surface area contributed by atoms with Gasteiger partial charge in [-0.25, -0.2) is 0 Å². The fraction of sp³-hybridized carbons (Fsp3) is 0.923. The molecule has 0 bridgehead atoms. The van der Waals surface area contributed by atoms with Crippen molar-refractivity contribution >= 4 is 5.97 Å². The van der Waals surface area contributed by atoms with Crippen molar-refractivity contribution in [3.63, 3.8) is 0 Å². The molecule has 1 aliphatic heterocycles. The van der Waals surface area contributed by atoms with Crippen LogP contribution in [0.3, 0.4) is 0 Å². The smallest absolute Gasteiger partial charge is 0.307 e. The molecule has 1 N–H and O–H groups in total. The lowest BCUT2D eigenvalue weighted by molar-refractivity contribution is -0.141. The van der Waals surface area contributed by atoms with Gasteiger partial charge in [0.05, 0.1) is 5.92 Å². The molecule has 0 saturated carbocycles.